The van der Waals surface area contributed by atoms with Crippen LogP contribution in [0.2, 0.25) is 0 Å². The first kappa shape index (κ1) is 19.0. The summed E-state index contributed by atoms with van der Waals surface area (Å²) in [5.74, 6) is 0.0861. The molecule has 0 aliphatic carbocycles. The number of carbonyl (C=O) groups is 1. The van der Waals surface area contributed by atoms with Crippen molar-refractivity contribution < 1.29 is 4.79 Å². The summed E-state index contributed by atoms with van der Waals surface area (Å²) in [6.07, 6.45) is 0.969. The number of hydrogen-bond acceptors (Lipinski definition) is 2. The summed E-state index contributed by atoms with van der Waals surface area (Å²) >= 11 is 3.58. The molecule has 0 saturated carbocycles. The fourth-order valence-corrected chi connectivity index (χ4v) is 3.68. The quantitative estimate of drug-likeness (QED) is 0.836. The Hall–Kier alpha value is -1.30. The number of carbonyl (C=O) groups excluding carboxylic acids is 1. The Morgan fingerprint density at radius 2 is 2.00 bits per heavy atom. The molecule has 24 heavy (non-hydrogen) atoms. The Kier molecular flexibility index (Phi) is 5.78. The Morgan fingerprint density at radius 1 is 1.29 bits per heavy atom. The van der Waals surface area contributed by atoms with E-state index in [-0.39, 0.29) is 23.7 Å². The molecule has 0 spiro atoms. The number of benzene rings is 1. The Morgan fingerprint density at radius 3 is 2.62 bits per heavy atom. The van der Waals surface area contributed by atoms with Crippen LogP contribution in [0, 0.1) is 5.41 Å². The van der Waals surface area contributed by atoms with Gasteiger partial charge in [0.25, 0.3) is 5.91 Å². The molecule has 130 valence electrons. The molecule has 0 radical (unpaired) electrons. The third kappa shape index (κ3) is 3.39. The minimum Gasteiger partial charge on any atom is -0.340 e. The van der Waals surface area contributed by atoms with Gasteiger partial charge in [-0.1, -0.05) is 41.1 Å². The third-order valence-corrected chi connectivity index (χ3v) is 5.52. The highest BCUT2D eigenvalue weighted by molar-refractivity contribution is 9.10. The van der Waals surface area contributed by atoms with Crippen molar-refractivity contribution in [1.29, 1.82) is 0 Å². The van der Waals surface area contributed by atoms with Gasteiger partial charge in [0.2, 0.25) is 0 Å². The molecule has 1 aliphatic rings. The first-order chi connectivity index (χ1) is 10.9. The van der Waals surface area contributed by atoms with Crippen molar-refractivity contribution in [3.05, 3.63) is 46.6 Å². The van der Waals surface area contributed by atoms with Crippen molar-refractivity contribution in [1.82, 2.24) is 9.47 Å². The zero-order valence-electron chi connectivity index (χ0n) is 14.0. The fraction of sp³-hybridized carbons (Fsp3) is 0.389. The predicted molar refractivity (Wildman–Crippen MR) is 103 cm³/mol. The van der Waals surface area contributed by atoms with Crippen LogP contribution in [0.5, 0.6) is 0 Å². The smallest absolute Gasteiger partial charge is 0.270 e. The Labute approximate surface area is 157 Å². The number of nitrogens with two attached hydrogens (primary N) is 1. The molecule has 1 fully saturated rings. The van der Waals surface area contributed by atoms with E-state index >= 15 is 0 Å². The molecule has 1 aliphatic heterocycles. The molecule has 1 atom stereocenters. The van der Waals surface area contributed by atoms with Crippen LogP contribution in [-0.4, -0.2) is 35.0 Å². The maximum absolute atomic E-state index is 12.9. The van der Waals surface area contributed by atoms with Gasteiger partial charge in [-0.2, -0.15) is 0 Å². The molecule has 2 N–H and O–H groups in total. The van der Waals surface area contributed by atoms with Crippen LogP contribution in [0.15, 0.2) is 40.9 Å². The van der Waals surface area contributed by atoms with Crippen LogP contribution < -0.4 is 5.73 Å². The van der Waals surface area contributed by atoms with Gasteiger partial charge in [-0.15, -0.1) is 12.4 Å². The third-order valence-electron chi connectivity index (χ3n) is 4.83. The summed E-state index contributed by atoms with van der Waals surface area (Å²) in [5.41, 5.74) is 8.73. The van der Waals surface area contributed by atoms with E-state index in [4.69, 9.17) is 5.73 Å². The minimum atomic E-state index is 0. The van der Waals surface area contributed by atoms with Crippen molar-refractivity contribution in [3.8, 4) is 11.3 Å². The van der Waals surface area contributed by atoms with E-state index in [2.05, 4.69) is 28.9 Å². The highest BCUT2D eigenvalue weighted by Crippen LogP contribution is 2.32. The maximum atomic E-state index is 12.9. The van der Waals surface area contributed by atoms with Gasteiger partial charge in [0.15, 0.2) is 0 Å². The number of nitrogens with zero attached hydrogens (tertiary/aromatic N) is 2. The first-order valence-electron chi connectivity index (χ1n) is 7.85. The second-order valence-corrected chi connectivity index (χ2v) is 7.49. The molecular weight excluding hydrogens is 390 g/mol. The second-order valence-electron chi connectivity index (χ2n) is 6.63. The maximum Gasteiger partial charge on any atom is 0.270 e. The lowest BCUT2D eigenvalue weighted by molar-refractivity contribution is 0.0767. The summed E-state index contributed by atoms with van der Waals surface area (Å²) in [4.78, 5) is 14.8. The molecule has 2 heterocycles. The molecule has 1 aromatic heterocycles. The van der Waals surface area contributed by atoms with Crippen molar-refractivity contribution >= 4 is 34.2 Å². The van der Waals surface area contributed by atoms with Gasteiger partial charge in [-0.25, -0.2) is 0 Å². The molecule has 1 aromatic carbocycles. The Bertz CT molecular complexity index is 746. The molecule has 1 amide bonds. The van der Waals surface area contributed by atoms with Gasteiger partial charge in [-0.3, -0.25) is 4.79 Å². The summed E-state index contributed by atoms with van der Waals surface area (Å²) in [7, 11) is 1.94. The van der Waals surface area contributed by atoms with Gasteiger partial charge in [0.05, 0.1) is 0 Å². The first-order valence-corrected chi connectivity index (χ1v) is 8.64. The van der Waals surface area contributed by atoms with Crippen LogP contribution in [0.25, 0.3) is 11.3 Å². The van der Waals surface area contributed by atoms with E-state index in [1.165, 1.54) is 0 Å². The van der Waals surface area contributed by atoms with E-state index in [1.54, 1.807) is 0 Å². The predicted octanol–water partition coefficient (Wildman–Crippen LogP) is 3.69. The second kappa shape index (κ2) is 7.30. The lowest BCUT2D eigenvalue weighted by Crippen LogP contribution is -2.35. The van der Waals surface area contributed by atoms with E-state index in [0.29, 0.717) is 6.54 Å². The molecule has 6 heteroatoms. The molecule has 1 saturated heterocycles. The molecule has 3 rings (SSSR count). The minimum absolute atomic E-state index is 0. The number of likely N-dealkylation sites (tertiary alicyclic amines) is 1. The lowest BCUT2D eigenvalue weighted by Gasteiger charge is -2.22. The topological polar surface area (TPSA) is 51.3 Å². The molecular formula is C18H23BrClN3O. The van der Waals surface area contributed by atoms with Crippen LogP contribution >= 0.6 is 28.3 Å². The van der Waals surface area contributed by atoms with Gasteiger partial charge in [0, 0.05) is 35.9 Å². The highest BCUT2D eigenvalue weighted by atomic mass is 79.9. The molecule has 1 unspecified atom stereocenters. The van der Waals surface area contributed by atoms with Crippen LogP contribution in [0.4, 0.5) is 0 Å². The van der Waals surface area contributed by atoms with Gasteiger partial charge >= 0.3 is 0 Å². The monoisotopic (exact) mass is 411 g/mol. The van der Waals surface area contributed by atoms with Gasteiger partial charge < -0.3 is 15.2 Å². The van der Waals surface area contributed by atoms with Crippen LogP contribution in [-0.2, 0) is 7.05 Å². The summed E-state index contributed by atoms with van der Waals surface area (Å²) in [5, 5.41) is 0. The van der Waals surface area contributed by atoms with Crippen LogP contribution in [0.1, 0.15) is 23.8 Å². The standard InChI is InChI=1S/C18H22BrN3O.ClH/c1-18(11-20)9-10-22(12-18)17(23)16-8-7-15(21(16)2)13-5-3-4-6-14(13)19;/h3-8H,9-12,20H2,1-2H3;1H. The van der Waals surface area contributed by atoms with Crippen molar-refractivity contribution in [2.75, 3.05) is 19.6 Å². The van der Waals surface area contributed by atoms with Gasteiger partial charge in [0.1, 0.15) is 5.69 Å². The highest BCUT2D eigenvalue weighted by Gasteiger charge is 2.35. The van der Waals surface area contributed by atoms with Crippen LogP contribution in [0.3, 0.4) is 0 Å². The van der Waals surface area contributed by atoms with E-state index in [0.717, 1.165) is 40.9 Å². The average molecular weight is 413 g/mol. The number of halogens is 2. The van der Waals surface area contributed by atoms with Crippen molar-refractivity contribution in [2.24, 2.45) is 18.2 Å². The van der Waals surface area contributed by atoms with Gasteiger partial charge in [-0.05, 0) is 36.6 Å². The van der Waals surface area contributed by atoms with Crippen molar-refractivity contribution in [2.45, 2.75) is 13.3 Å². The number of amides is 1. The summed E-state index contributed by atoms with van der Waals surface area (Å²) in [6, 6.07) is 12.0. The van der Waals surface area contributed by atoms with E-state index in [9.17, 15) is 4.79 Å². The van der Waals surface area contributed by atoms with E-state index < -0.39 is 0 Å². The molecule has 2 aromatic rings. The summed E-state index contributed by atoms with van der Waals surface area (Å²) < 4.78 is 3.00. The number of hydrogen-bond donors (Lipinski definition) is 1. The SMILES string of the molecule is Cl.Cn1c(C(=O)N2CCC(C)(CN)C2)ccc1-c1ccccc1Br. The number of rotatable bonds is 3. The fourth-order valence-electron chi connectivity index (χ4n) is 3.19. The largest absolute Gasteiger partial charge is 0.340 e. The zero-order chi connectivity index (χ0) is 16.6. The Balaban J connectivity index is 0.00000208. The average Bonchev–Trinajstić information content (AvgIpc) is 3.12. The normalized spacial score (nSPS) is 20.1. The zero-order valence-corrected chi connectivity index (χ0v) is 16.4. The molecule has 0 bridgehead atoms. The molecule has 4 nitrogen and oxygen atoms in total. The summed E-state index contributed by atoms with van der Waals surface area (Å²) in [6.45, 7) is 4.28. The van der Waals surface area contributed by atoms with E-state index in [1.807, 2.05) is 46.8 Å². The number of aromatic nitrogens is 1. The lowest BCUT2D eigenvalue weighted by atomic mass is 9.90. The van der Waals surface area contributed by atoms with Crippen molar-refractivity contribution in [3.63, 3.8) is 0 Å².